The van der Waals surface area contributed by atoms with Crippen molar-refractivity contribution in [1.82, 2.24) is 20.3 Å². The first-order valence-electron chi connectivity index (χ1n) is 9.36. The highest BCUT2D eigenvalue weighted by atomic mass is 16.5. The van der Waals surface area contributed by atoms with Gasteiger partial charge in [0.2, 0.25) is 5.91 Å². The quantitative estimate of drug-likeness (QED) is 0.762. The Morgan fingerprint density at radius 1 is 1.33 bits per heavy atom. The molecule has 1 aliphatic rings. The second kappa shape index (κ2) is 7.02. The summed E-state index contributed by atoms with van der Waals surface area (Å²) in [5, 5.41) is 11.4. The van der Waals surface area contributed by atoms with Crippen molar-refractivity contribution in [2.24, 2.45) is 0 Å². The fraction of sp³-hybridized carbons (Fsp3) is 0.381. The Labute approximate surface area is 158 Å². The number of hydrogen-bond acceptors (Lipinski definition) is 4. The topological polar surface area (TPSA) is 75.0 Å². The van der Waals surface area contributed by atoms with Gasteiger partial charge in [-0.25, -0.2) is 0 Å². The van der Waals surface area contributed by atoms with Crippen molar-refractivity contribution in [2.45, 2.75) is 46.1 Å². The number of rotatable bonds is 4. The molecule has 6 nitrogen and oxygen atoms in total. The van der Waals surface area contributed by atoms with Crippen LogP contribution in [0, 0.1) is 20.8 Å². The summed E-state index contributed by atoms with van der Waals surface area (Å²) in [6.45, 7) is 6.73. The number of nitrogens with one attached hydrogen (secondary N) is 1. The van der Waals surface area contributed by atoms with Crippen molar-refractivity contribution in [2.75, 3.05) is 6.54 Å². The summed E-state index contributed by atoms with van der Waals surface area (Å²) in [7, 11) is 0. The molecule has 1 amide bonds. The lowest BCUT2D eigenvalue weighted by Gasteiger charge is -2.24. The zero-order chi connectivity index (χ0) is 19.0. The maximum atomic E-state index is 13.0. The van der Waals surface area contributed by atoms with Crippen LogP contribution in [0.1, 0.15) is 47.0 Å². The molecular weight excluding hydrogens is 340 g/mol. The Morgan fingerprint density at radius 3 is 2.93 bits per heavy atom. The van der Waals surface area contributed by atoms with Crippen LogP contribution in [-0.4, -0.2) is 32.7 Å². The van der Waals surface area contributed by atoms with Gasteiger partial charge < -0.3 is 9.42 Å². The predicted octanol–water partition coefficient (Wildman–Crippen LogP) is 3.90. The number of carbonyl (C=O) groups excluding carboxylic acids is 1. The van der Waals surface area contributed by atoms with E-state index in [1.54, 1.807) is 6.20 Å². The van der Waals surface area contributed by atoms with Gasteiger partial charge in [0.05, 0.1) is 35.6 Å². The van der Waals surface area contributed by atoms with Crippen LogP contribution in [0.5, 0.6) is 0 Å². The molecule has 6 heteroatoms. The third-order valence-electron chi connectivity index (χ3n) is 5.41. The lowest BCUT2D eigenvalue weighted by molar-refractivity contribution is -0.131. The first-order valence-corrected chi connectivity index (χ1v) is 9.36. The Hall–Kier alpha value is -2.89. The molecule has 1 saturated heterocycles. The van der Waals surface area contributed by atoms with E-state index in [0.29, 0.717) is 6.42 Å². The third-order valence-corrected chi connectivity index (χ3v) is 5.41. The van der Waals surface area contributed by atoms with Crippen LogP contribution in [0.4, 0.5) is 0 Å². The van der Waals surface area contributed by atoms with E-state index in [9.17, 15) is 4.79 Å². The van der Waals surface area contributed by atoms with E-state index in [1.807, 2.05) is 43.9 Å². The summed E-state index contributed by atoms with van der Waals surface area (Å²) in [6.07, 6.45) is 4.09. The molecule has 1 fully saturated rings. The van der Waals surface area contributed by atoms with E-state index < -0.39 is 0 Å². The zero-order valence-electron chi connectivity index (χ0n) is 16.0. The van der Waals surface area contributed by atoms with E-state index in [1.165, 1.54) is 5.56 Å². The molecule has 2 aromatic heterocycles. The molecule has 0 radical (unpaired) electrons. The molecule has 1 aromatic carbocycles. The standard InChI is InChI=1S/C21H24N4O2/c1-13-6-4-7-16(10-13)11-19(26)25-9-5-8-18(25)20-17(12-22-23-20)21-14(2)15(3)24-27-21/h4,6-7,10,12,18H,5,8-9,11H2,1-3H3,(H,22,23)/t18-/m0/s1. The number of likely N-dealkylation sites (tertiary alicyclic amines) is 1. The van der Waals surface area contributed by atoms with Crippen LogP contribution in [0.15, 0.2) is 35.0 Å². The molecule has 3 aromatic rings. The molecule has 1 aliphatic heterocycles. The van der Waals surface area contributed by atoms with Crippen LogP contribution in [0.25, 0.3) is 11.3 Å². The monoisotopic (exact) mass is 364 g/mol. The molecule has 0 spiro atoms. The van der Waals surface area contributed by atoms with Crippen molar-refractivity contribution in [3.8, 4) is 11.3 Å². The predicted molar refractivity (Wildman–Crippen MR) is 102 cm³/mol. The van der Waals surface area contributed by atoms with Crippen LogP contribution < -0.4 is 0 Å². The Morgan fingerprint density at radius 2 is 2.19 bits per heavy atom. The Kier molecular flexibility index (Phi) is 4.56. The van der Waals surface area contributed by atoms with Crippen molar-refractivity contribution < 1.29 is 9.32 Å². The Balaban J connectivity index is 1.60. The van der Waals surface area contributed by atoms with Gasteiger partial charge in [-0.15, -0.1) is 0 Å². The number of H-pyrrole nitrogens is 1. The van der Waals surface area contributed by atoms with Crippen LogP contribution >= 0.6 is 0 Å². The summed E-state index contributed by atoms with van der Waals surface area (Å²) < 4.78 is 5.53. The normalized spacial score (nSPS) is 16.9. The molecule has 0 unspecified atom stereocenters. The number of amides is 1. The minimum absolute atomic E-state index is 0.00962. The molecule has 27 heavy (non-hydrogen) atoms. The number of nitrogens with zero attached hydrogens (tertiary/aromatic N) is 3. The lowest BCUT2D eigenvalue weighted by Crippen LogP contribution is -2.32. The van der Waals surface area contributed by atoms with Gasteiger partial charge in [0, 0.05) is 12.1 Å². The van der Waals surface area contributed by atoms with Gasteiger partial charge in [0.1, 0.15) is 0 Å². The van der Waals surface area contributed by atoms with Gasteiger partial charge in [-0.3, -0.25) is 9.89 Å². The van der Waals surface area contributed by atoms with Crippen LogP contribution in [-0.2, 0) is 11.2 Å². The summed E-state index contributed by atoms with van der Waals surface area (Å²) in [4.78, 5) is 15.0. The Bertz CT molecular complexity index is 972. The fourth-order valence-corrected chi connectivity index (χ4v) is 3.86. The average molecular weight is 364 g/mol. The molecule has 1 atom stereocenters. The molecule has 140 valence electrons. The minimum Gasteiger partial charge on any atom is -0.356 e. The van der Waals surface area contributed by atoms with E-state index >= 15 is 0 Å². The number of carbonyl (C=O) groups is 1. The van der Waals surface area contributed by atoms with Crippen molar-refractivity contribution in [3.05, 3.63) is 58.5 Å². The summed E-state index contributed by atoms with van der Waals surface area (Å²) in [5.41, 5.74) is 5.93. The van der Waals surface area contributed by atoms with Gasteiger partial charge in [-0.1, -0.05) is 35.0 Å². The van der Waals surface area contributed by atoms with Gasteiger partial charge >= 0.3 is 0 Å². The summed E-state index contributed by atoms with van der Waals surface area (Å²) in [6, 6.07) is 8.13. The molecule has 3 heterocycles. The van der Waals surface area contributed by atoms with Gasteiger partial charge in [0.25, 0.3) is 0 Å². The smallest absolute Gasteiger partial charge is 0.227 e. The maximum Gasteiger partial charge on any atom is 0.227 e. The van der Waals surface area contributed by atoms with Crippen LogP contribution in [0.3, 0.4) is 0 Å². The number of hydrogen-bond donors (Lipinski definition) is 1. The second-order valence-electron chi connectivity index (χ2n) is 7.33. The number of aryl methyl sites for hydroxylation is 2. The second-order valence-corrected chi connectivity index (χ2v) is 7.33. The first kappa shape index (κ1) is 17.5. The zero-order valence-corrected chi connectivity index (χ0v) is 16.0. The molecule has 0 bridgehead atoms. The van der Waals surface area contributed by atoms with Gasteiger partial charge in [-0.05, 0) is 39.2 Å². The maximum absolute atomic E-state index is 13.0. The summed E-state index contributed by atoms with van der Waals surface area (Å²) in [5.74, 6) is 0.878. The van der Waals surface area contributed by atoms with E-state index in [2.05, 4.69) is 21.4 Å². The average Bonchev–Trinajstić information content (AvgIpc) is 3.35. The van der Waals surface area contributed by atoms with E-state index in [4.69, 9.17) is 4.52 Å². The number of aromatic amines is 1. The molecule has 1 N–H and O–H groups in total. The SMILES string of the molecule is Cc1cccc(CC(=O)N2CCC[C@H]2c2[nH]ncc2-c2onc(C)c2C)c1. The number of benzene rings is 1. The lowest BCUT2D eigenvalue weighted by atomic mass is 10.0. The minimum atomic E-state index is -0.00962. The molecule has 0 saturated carbocycles. The third kappa shape index (κ3) is 3.27. The highest BCUT2D eigenvalue weighted by molar-refractivity contribution is 5.80. The van der Waals surface area contributed by atoms with Gasteiger partial charge in [0.15, 0.2) is 5.76 Å². The van der Waals surface area contributed by atoms with Crippen molar-refractivity contribution >= 4 is 5.91 Å². The highest BCUT2D eigenvalue weighted by Gasteiger charge is 2.33. The fourth-order valence-electron chi connectivity index (χ4n) is 3.86. The van der Waals surface area contributed by atoms with E-state index in [0.717, 1.165) is 53.2 Å². The van der Waals surface area contributed by atoms with Gasteiger partial charge in [-0.2, -0.15) is 5.10 Å². The highest BCUT2D eigenvalue weighted by Crippen LogP contribution is 2.38. The van der Waals surface area contributed by atoms with Crippen molar-refractivity contribution in [3.63, 3.8) is 0 Å². The summed E-state index contributed by atoms with van der Waals surface area (Å²) >= 11 is 0. The first-order chi connectivity index (χ1) is 13.0. The number of aromatic nitrogens is 3. The molecule has 4 rings (SSSR count). The van der Waals surface area contributed by atoms with E-state index in [-0.39, 0.29) is 11.9 Å². The molecule has 0 aliphatic carbocycles. The largest absolute Gasteiger partial charge is 0.356 e. The van der Waals surface area contributed by atoms with Crippen LogP contribution in [0.2, 0.25) is 0 Å². The van der Waals surface area contributed by atoms with Crippen molar-refractivity contribution in [1.29, 1.82) is 0 Å². The molecular formula is C21H24N4O2.